The minimum atomic E-state index is -1.07. The van der Waals surface area contributed by atoms with Gasteiger partial charge in [-0.3, -0.25) is 14.4 Å². The van der Waals surface area contributed by atoms with E-state index in [1.165, 1.54) is 25.1 Å². The number of carbonyl (C=O) groups excluding carboxylic acids is 2. The smallest absolute Gasteiger partial charge is 0.303 e. The Bertz CT molecular complexity index is 513. The van der Waals surface area contributed by atoms with Crippen LogP contribution in [0.4, 0.5) is 4.39 Å². The van der Waals surface area contributed by atoms with Gasteiger partial charge in [-0.2, -0.15) is 0 Å². The average molecular weight is 267 g/mol. The van der Waals surface area contributed by atoms with Crippen LogP contribution in [-0.4, -0.2) is 29.3 Å². The molecule has 0 saturated carbocycles. The van der Waals surface area contributed by atoms with E-state index < -0.39 is 17.7 Å². The molecule has 6 heteroatoms. The normalized spacial score (nSPS) is 10.0. The summed E-state index contributed by atoms with van der Waals surface area (Å²) in [6.07, 6.45) is -0.458. The Balaban J connectivity index is 2.49. The van der Waals surface area contributed by atoms with E-state index >= 15 is 0 Å². The van der Waals surface area contributed by atoms with Crippen LogP contribution < -0.4 is 5.32 Å². The van der Waals surface area contributed by atoms with E-state index in [1.54, 1.807) is 0 Å². The van der Waals surface area contributed by atoms with Gasteiger partial charge in [0.05, 0.1) is 13.0 Å². The van der Waals surface area contributed by atoms with Gasteiger partial charge in [-0.25, -0.2) is 4.39 Å². The van der Waals surface area contributed by atoms with Gasteiger partial charge in [0.15, 0.2) is 5.78 Å². The van der Waals surface area contributed by atoms with Gasteiger partial charge in [0, 0.05) is 12.0 Å². The SMILES string of the molecule is Cc1cc(C(=O)CNC(=O)CCC(=O)O)ccc1F. The maximum Gasteiger partial charge on any atom is 0.303 e. The zero-order valence-electron chi connectivity index (χ0n) is 10.4. The minimum absolute atomic E-state index is 0.176. The third-order valence-corrected chi connectivity index (χ3v) is 2.49. The van der Waals surface area contributed by atoms with Gasteiger partial charge in [-0.1, -0.05) is 0 Å². The van der Waals surface area contributed by atoms with E-state index in [1.807, 2.05) is 0 Å². The molecule has 0 spiro atoms. The van der Waals surface area contributed by atoms with Crippen molar-refractivity contribution in [1.29, 1.82) is 0 Å². The van der Waals surface area contributed by atoms with Crippen molar-refractivity contribution in [2.45, 2.75) is 19.8 Å². The highest BCUT2D eigenvalue weighted by Gasteiger charge is 2.10. The molecule has 102 valence electrons. The van der Waals surface area contributed by atoms with Crippen LogP contribution in [0.3, 0.4) is 0 Å². The predicted molar refractivity (Wildman–Crippen MR) is 65.3 cm³/mol. The number of hydrogen-bond acceptors (Lipinski definition) is 3. The maximum atomic E-state index is 13.0. The number of aliphatic carboxylic acids is 1. The molecule has 5 nitrogen and oxygen atoms in total. The van der Waals surface area contributed by atoms with Crippen molar-refractivity contribution in [3.63, 3.8) is 0 Å². The van der Waals surface area contributed by atoms with Crippen LogP contribution in [-0.2, 0) is 9.59 Å². The Hall–Kier alpha value is -2.24. The molecule has 0 saturated heterocycles. The fraction of sp³-hybridized carbons (Fsp3) is 0.308. The molecule has 0 atom stereocenters. The van der Waals surface area contributed by atoms with Crippen molar-refractivity contribution < 1.29 is 23.9 Å². The number of benzene rings is 1. The molecule has 0 aliphatic carbocycles. The second-order valence-electron chi connectivity index (χ2n) is 4.06. The summed E-state index contributed by atoms with van der Waals surface area (Å²) in [4.78, 5) is 33.2. The second kappa shape index (κ2) is 6.63. The van der Waals surface area contributed by atoms with Crippen molar-refractivity contribution in [1.82, 2.24) is 5.32 Å². The second-order valence-corrected chi connectivity index (χ2v) is 4.06. The Morgan fingerprint density at radius 2 is 1.95 bits per heavy atom. The highest BCUT2D eigenvalue weighted by molar-refractivity contribution is 5.99. The third-order valence-electron chi connectivity index (χ3n) is 2.49. The molecule has 0 aromatic heterocycles. The molecule has 1 rings (SSSR count). The van der Waals surface area contributed by atoms with Gasteiger partial charge < -0.3 is 10.4 Å². The summed E-state index contributed by atoms with van der Waals surface area (Å²) in [6, 6.07) is 3.93. The number of ketones is 1. The van der Waals surface area contributed by atoms with Crippen molar-refractivity contribution in [3.05, 3.63) is 35.1 Å². The molecule has 1 amide bonds. The van der Waals surface area contributed by atoms with Crippen LogP contribution in [0.15, 0.2) is 18.2 Å². The molecule has 0 heterocycles. The lowest BCUT2D eigenvalue weighted by Gasteiger charge is -2.05. The van der Waals surface area contributed by atoms with Crippen molar-refractivity contribution >= 4 is 17.7 Å². The van der Waals surface area contributed by atoms with Crippen LogP contribution in [0.1, 0.15) is 28.8 Å². The summed E-state index contributed by atoms with van der Waals surface area (Å²) in [5.74, 6) is -2.33. The topological polar surface area (TPSA) is 83.5 Å². The van der Waals surface area contributed by atoms with E-state index in [9.17, 15) is 18.8 Å². The molecular formula is C13H14FNO4. The Morgan fingerprint density at radius 3 is 2.53 bits per heavy atom. The monoisotopic (exact) mass is 267 g/mol. The first-order valence-corrected chi connectivity index (χ1v) is 5.68. The lowest BCUT2D eigenvalue weighted by molar-refractivity contribution is -0.138. The Morgan fingerprint density at radius 1 is 1.26 bits per heavy atom. The standard InChI is InChI=1S/C13H14FNO4/c1-8-6-9(2-3-10(8)14)11(16)7-15-12(17)4-5-13(18)19/h2-3,6H,4-5,7H2,1H3,(H,15,17)(H,18,19). The number of amides is 1. The predicted octanol–water partition coefficient (Wildman–Crippen LogP) is 1.30. The lowest BCUT2D eigenvalue weighted by atomic mass is 10.1. The lowest BCUT2D eigenvalue weighted by Crippen LogP contribution is -2.29. The van der Waals surface area contributed by atoms with Crippen molar-refractivity contribution in [3.8, 4) is 0 Å². The van der Waals surface area contributed by atoms with E-state index in [-0.39, 0.29) is 25.2 Å². The Kier molecular flexibility index (Phi) is 5.17. The van der Waals surface area contributed by atoms with Gasteiger partial charge in [-0.05, 0) is 30.7 Å². The van der Waals surface area contributed by atoms with Gasteiger partial charge >= 0.3 is 5.97 Å². The van der Waals surface area contributed by atoms with E-state index in [0.29, 0.717) is 11.1 Å². The van der Waals surface area contributed by atoms with Crippen LogP contribution in [0.2, 0.25) is 0 Å². The maximum absolute atomic E-state index is 13.0. The fourth-order valence-corrected chi connectivity index (χ4v) is 1.41. The first-order valence-electron chi connectivity index (χ1n) is 5.68. The first kappa shape index (κ1) is 14.8. The molecule has 2 N–H and O–H groups in total. The number of halogens is 1. The van der Waals surface area contributed by atoms with Crippen LogP contribution in [0, 0.1) is 12.7 Å². The first-order chi connectivity index (χ1) is 8.90. The number of Topliss-reactive ketones (excluding diaryl/α,β-unsaturated/α-hetero) is 1. The molecule has 1 aromatic rings. The Labute approximate surface area is 109 Å². The quantitative estimate of drug-likeness (QED) is 0.761. The molecule has 1 aromatic carbocycles. The number of nitrogens with one attached hydrogen (secondary N) is 1. The molecule has 0 bridgehead atoms. The summed E-state index contributed by atoms with van der Waals surface area (Å²) in [5, 5.41) is 10.7. The van der Waals surface area contributed by atoms with Gasteiger partial charge in [0.2, 0.25) is 5.91 Å². The zero-order valence-corrected chi connectivity index (χ0v) is 10.4. The van der Waals surface area contributed by atoms with Crippen molar-refractivity contribution in [2.75, 3.05) is 6.54 Å². The number of carboxylic acid groups (broad SMARTS) is 1. The molecule has 0 radical (unpaired) electrons. The van der Waals surface area contributed by atoms with Gasteiger partial charge in [-0.15, -0.1) is 0 Å². The summed E-state index contributed by atoms with van der Waals surface area (Å²) < 4.78 is 13.0. The van der Waals surface area contributed by atoms with E-state index in [0.717, 1.165) is 0 Å². The van der Waals surface area contributed by atoms with Gasteiger partial charge in [0.25, 0.3) is 0 Å². The summed E-state index contributed by atoms with van der Waals surface area (Å²) in [6.45, 7) is 1.31. The summed E-state index contributed by atoms with van der Waals surface area (Å²) in [7, 11) is 0. The largest absolute Gasteiger partial charge is 0.481 e. The molecule has 0 unspecified atom stereocenters. The number of hydrogen-bond donors (Lipinski definition) is 2. The van der Waals surface area contributed by atoms with Crippen LogP contribution >= 0.6 is 0 Å². The molecule has 0 fully saturated rings. The molecule has 0 aliphatic heterocycles. The van der Waals surface area contributed by atoms with Gasteiger partial charge in [0.1, 0.15) is 5.82 Å². The number of carboxylic acids is 1. The highest BCUT2D eigenvalue weighted by atomic mass is 19.1. The average Bonchev–Trinajstić information content (AvgIpc) is 2.36. The van der Waals surface area contributed by atoms with Crippen LogP contribution in [0.25, 0.3) is 0 Å². The fourth-order valence-electron chi connectivity index (χ4n) is 1.41. The minimum Gasteiger partial charge on any atom is -0.481 e. The van der Waals surface area contributed by atoms with Crippen LogP contribution in [0.5, 0.6) is 0 Å². The molecule has 19 heavy (non-hydrogen) atoms. The number of rotatable bonds is 6. The van der Waals surface area contributed by atoms with E-state index in [4.69, 9.17) is 5.11 Å². The van der Waals surface area contributed by atoms with Crippen molar-refractivity contribution in [2.24, 2.45) is 0 Å². The number of carbonyl (C=O) groups is 3. The highest BCUT2D eigenvalue weighted by Crippen LogP contribution is 2.09. The van der Waals surface area contributed by atoms with E-state index in [2.05, 4.69) is 5.32 Å². The number of aryl methyl sites for hydroxylation is 1. The third kappa shape index (κ3) is 4.87. The zero-order chi connectivity index (χ0) is 14.4. The molecular weight excluding hydrogens is 253 g/mol. The molecule has 0 aliphatic rings. The summed E-state index contributed by atoms with van der Waals surface area (Å²) >= 11 is 0. The summed E-state index contributed by atoms with van der Waals surface area (Å²) in [5.41, 5.74) is 0.653.